The third kappa shape index (κ3) is 3.38. The second-order valence-corrected chi connectivity index (χ2v) is 8.33. The summed E-state index contributed by atoms with van der Waals surface area (Å²) in [5, 5.41) is 3.26. The van der Waals surface area contributed by atoms with Crippen LogP contribution in [0.15, 0.2) is 46.9 Å². The van der Waals surface area contributed by atoms with Crippen LogP contribution in [0.4, 0.5) is 5.69 Å². The maximum absolute atomic E-state index is 13.1. The van der Waals surface area contributed by atoms with Crippen LogP contribution in [0.3, 0.4) is 0 Å². The molecule has 2 aromatic carbocycles. The molecule has 4 heterocycles. The molecule has 1 amide bonds. The fourth-order valence-electron chi connectivity index (χ4n) is 4.53. The highest BCUT2D eigenvalue weighted by molar-refractivity contribution is 6.05. The van der Waals surface area contributed by atoms with Gasteiger partial charge in [-0.2, -0.15) is 0 Å². The molecule has 1 atom stereocenters. The van der Waals surface area contributed by atoms with Gasteiger partial charge in [-0.3, -0.25) is 4.79 Å². The van der Waals surface area contributed by atoms with Crippen molar-refractivity contribution in [1.29, 1.82) is 0 Å². The number of hydrogen-bond donors (Lipinski definition) is 1. The molecule has 3 aromatic rings. The van der Waals surface area contributed by atoms with E-state index in [2.05, 4.69) is 15.2 Å². The lowest BCUT2D eigenvalue weighted by atomic mass is 9.84. The number of fused-ring (bicyclic) bond motifs is 4. The first-order chi connectivity index (χ1) is 14.1. The van der Waals surface area contributed by atoms with Crippen LogP contribution in [0.2, 0.25) is 0 Å². The van der Waals surface area contributed by atoms with Gasteiger partial charge in [-0.25, -0.2) is 4.98 Å². The summed E-state index contributed by atoms with van der Waals surface area (Å²) < 4.78 is 5.97. The van der Waals surface area contributed by atoms with E-state index in [0.717, 1.165) is 30.9 Å². The van der Waals surface area contributed by atoms with E-state index < -0.39 is 0 Å². The number of carbonyl (C=O) groups is 1. The van der Waals surface area contributed by atoms with Crippen LogP contribution in [0.1, 0.15) is 23.2 Å². The second kappa shape index (κ2) is 7.19. The van der Waals surface area contributed by atoms with E-state index in [-0.39, 0.29) is 11.9 Å². The molecule has 6 nitrogen and oxygen atoms in total. The van der Waals surface area contributed by atoms with Crippen molar-refractivity contribution < 1.29 is 9.21 Å². The third-order valence-corrected chi connectivity index (χ3v) is 6.27. The Morgan fingerprint density at radius 3 is 2.55 bits per heavy atom. The van der Waals surface area contributed by atoms with Gasteiger partial charge >= 0.3 is 0 Å². The second-order valence-electron chi connectivity index (χ2n) is 8.33. The van der Waals surface area contributed by atoms with Gasteiger partial charge in [-0.15, -0.1) is 0 Å². The average Bonchev–Trinajstić information content (AvgIpc) is 3.19. The number of nitrogens with one attached hydrogen (secondary N) is 1. The lowest BCUT2D eigenvalue weighted by molar-refractivity contribution is 0.0621. The van der Waals surface area contributed by atoms with Crippen LogP contribution in [0, 0.1) is 5.92 Å². The summed E-state index contributed by atoms with van der Waals surface area (Å²) in [6.07, 6.45) is 2.35. The lowest BCUT2D eigenvalue weighted by Crippen LogP contribution is -2.57. The fraction of sp³-hybridized carbons (Fsp3) is 0.391. The Morgan fingerprint density at radius 1 is 1.14 bits per heavy atom. The number of aromatic nitrogens is 1. The Labute approximate surface area is 170 Å². The zero-order valence-electron chi connectivity index (χ0n) is 16.9. The highest BCUT2D eigenvalue weighted by Gasteiger charge is 2.35. The molecule has 3 aliphatic rings. The number of nitrogens with zero attached hydrogens (tertiary/aromatic N) is 3. The van der Waals surface area contributed by atoms with Crippen molar-refractivity contribution in [3.8, 4) is 11.5 Å². The number of para-hydroxylation sites is 1. The molecule has 3 fully saturated rings. The van der Waals surface area contributed by atoms with Crippen LogP contribution < -0.4 is 10.2 Å². The third-order valence-electron chi connectivity index (χ3n) is 6.27. The van der Waals surface area contributed by atoms with Crippen molar-refractivity contribution >= 4 is 22.7 Å². The van der Waals surface area contributed by atoms with Crippen molar-refractivity contribution in [3.05, 3.63) is 48.0 Å². The number of oxazole rings is 1. The Bertz CT molecular complexity index is 1030. The van der Waals surface area contributed by atoms with Gasteiger partial charge in [0.25, 0.3) is 5.91 Å². The van der Waals surface area contributed by atoms with Gasteiger partial charge in [0, 0.05) is 37.9 Å². The molecule has 1 N–H and O–H groups in total. The smallest absolute Gasteiger partial charge is 0.253 e. The quantitative estimate of drug-likeness (QED) is 0.740. The van der Waals surface area contributed by atoms with Gasteiger partial charge in [0.1, 0.15) is 5.52 Å². The number of rotatable bonds is 4. The molecule has 1 unspecified atom stereocenters. The van der Waals surface area contributed by atoms with Crippen molar-refractivity contribution in [2.45, 2.75) is 18.9 Å². The van der Waals surface area contributed by atoms with Gasteiger partial charge < -0.3 is 19.5 Å². The molecule has 0 aliphatic carbocycles. The standard InChI is InChI=1S/C23H26N4O2/c1-26(2)17-8-6-16(7-9-17)23-25-21-18(4-3-5-20(21)29-23)22(28)24-19-14-27-12-10-15(19)11-13-27/h3-9,15,19H,10-14H2,1-2H3,(H,24,28). The van der Waals surface area contributed by atoms with Gasteiger partial charge in [-0.05, 0) is 68.2 Å². The minimum Gasteiger partial charge on any atom is -0.436 e. The number of carbonyl (C=O) groups excluding carboxylic acids is 1. The maximum Gasteiger partial charge on any atom is 0.253 e. The van der Waals surface area contributed by atoms with E-state index in [4.69, 9.17) is 4.42 Å². The zero-order chi connectivity index (χ0) is 20.0. The number of piperidine rings is 3. The summed E-state index contributed by atoms with van der Waals surface area (Å²) >= 11 is 0. The summed E-state index contributed by atoms with van der Waals surface area (Å²) in [6.45, 7) is 3.27. The van der Waals surface area contributed by atoms with E-state index in [1.165, 1.54) is 12.8 Å². The van der Waals surface area contributed by atoms with Gasteiger partial charge in [0.2, 0.25) is 5.89 Å². The molecule has 3 aliphatic heterocycles. The summed E-state index contributed by atoms with van der Waals surface area (Å²) in [6, 6.07) is 13.8. The largest absolute Gasteiger partial charge is 0.436 e. The van der Waals surface area contributed by atoms with Gasteiger partial charge in [0.05, 0.1) is 5.56 Å². The van der Waals surface area contributed by atoms with Crippen LogP contribution in [0.5, 0.6) is 0 Å². The Hall–Kier alpha value is -2.86. The molecule has 6 rings (SSSR count). The monoisotopic (exact) mass is 390 g/mol. The number of hydrogen-bond acceptors (Lipinski definition) is 5. The predicted molar refractivity (Wildman–Crippen MR) is 114 cm³/mol. The first-order valence-electron chi connectivity index (χ1n) is 10.3. The molecule has 29 heavy (non-hydrogen) atoms. The van der Waals surface area contributed by atoms with E-state index in [1.54, 1.807) is 0 Å². The van der Waals surface area contributed by atoms with Crippen LogP contribution in [0.25, 0.3) is 22.6 Å². The highest BCUT2D eigenvalue weighted by atomic mass is 16.3. The van der Waals surface area contributed by atoms with Crippen molar-refractivity contribution in [3.63, 3.8) is 0 Å². The summed E-state index contributed by atoms with van der Waals surface area (Å²) in [7, 11) is 4.02. The summed E-state index contributed by atoms with van der Waals surface area (Å²) in [4.78, 5) is 22.2. The number of benzene rings is 2. The molecule has 2 bridgehead atoms. The fourth-order valence-corrected chi connectivity index (χ4v) is 4.53. The van der Waals surface area contributed by atoms with E-state index in [0.29, 0.717) is 28.5 Å². The highest BCUT2D eigenvalue weighted by Crippen LogP contribution is 2.30. The minimum atomic E-state index is -0.0582. The number of amides is 1. The van der Waals surface area contributed by atoms with Crippen LogP contribution in [-0.2, 0) is 0 Å². The normalized spacial score (nSPS) is 23.3. The predicted octanol–water partition coefficient (Wildman–Crippen LogP) is 3.38. The average molecular weight is 390 g/mol. The molecule has 0 saturated carbocycles. The SMILES string of the molecule is CN(C)c1ccc(-c2nc3c(C(=O)NC4CN5CCC4CC5)cccc3o2)cc1. The number of anilines is 1. The van der Waals surface area contributed by atoms with E-state index >= 15 is 0 Å². The molecule has 0 radical (unpaired) electrons. The lowest BCUT2D eigenvalue weighted by Gasteiger charge is -2.44. The Balaban J connectivity index is 1.42. The first kappa shape index (κ1) is 18.2. The summed E-state index contributed by atoms with van der Waals surface area (Å²) in [5.74, 6) is 1.07. The molecular formula is C23H26N4O2. The van der Waals surface area contributed by atoms with Crippen molar-refractivity contribution in [2.75, 3.05) is 38.6 Å². The Morgan fingerprint density at radius 2 is 1.90 bits per heavy atom. The van der Waals surface area contributed by atoms with E-state index in [1.807, 2.05) is 61.5 Å². The van der Waals surface area contributed by atoms with Crippen LogP contribution in [-0.4, -0.2) is 55.6 Å². The zero-order valence-corrected chi connectivity index (χ0v) is 16.9. The molecule has 150 valence electrons. The molecule has 1 aromatic heterocycles. The van der Waals surface area contributed by atoms with Gasteiger partial charge in [0.15, 0.2) is 5.58 Å². The van der Waals surface area contributed by atoms with Crippen molar-refractivity contribution in [1.82, 2.24) is 15.2 Å². The van der Waals surface area contributed by atoms with Crippen molar-refractivity contribution in [2.24, 2.45) is 5.92 Å². The topological polar surface area (TPSA) is 61.6 Å². The maximum atomic E-state index is 13.1. The first-order valence-corrected chi connectivity index (χ1v) is 10.3. The molecule has 6 heteroatoms. The Kier molecular flexibility index (Phi) is 4.51. The molecule has 0 spiro atoms. The minimum absolute atomic E-state index is 0.0582. The summed E-state index contributed by atoms with van der Waals surface area (Å²) in [5.41, 5.74) is 3.85. The van der Waals surface area contributed by atoms with Gasteiger partial charge in [-0.1, -0.05) is 6.07 Å². The molecule has 3 saturated heterocycles. The molecular weight excluding hydrogens is 364 g/mol. The van der Waals surface area contributed by atoms with Crippen LogP contribution >= 0.6 is 0 Å². The van der Waals surface area contributed by atoms with E-state index in [9.17, 15) is 4.79 Å².